The summed E-state index contributed by atoms with van der Waals surface area (Å²) in [7, 11) is 0. The number of hydrogen-bond donors (Lipinski definition) is 2. The van der Waals surface area contributed by atoms with E-state index in [0.29, 0.717) is 17.6 Å². The molecule has 0 radical (unpaired) electrons. The number of nitrogens with zero attached hydrogens (tertiary/aromatic N) is 1. The van der Waals surface area contributed by atoms with Gasteiger partial charge < -0.3 is 9.84 Å². The first-order chi connectivity index (χ1) is 11.2. The zero-order chi connectivity index (χ0) is 16.1. The Bertz CT molecular complexity index is 633. The smallest absolute Gasteiger partial charge is 0.247 e. The van der Waals surface area contributed by atoms with Crippen molar-refractivity contribution in [3.63, 3.8) is 0 Å². The molecule has 1 aromatic carbocycles. The number of nitrogens with one attached hydrogen (secondary N) is 2. The van der Waals surface area contributed by atoms with Gasteiger partial charge in [-0.1, -0.05) is 54.8 Å². The lowest BCUT2D eigenvalue weighted by Crippen LogP contribution is -2.40. The van der Waals surface area contributed by atoms with Gasteiger partial charge >= 0.3 is 0 Å². The van der Waals surface area contributed by atoms with Crippen LogP contribution < -0.4 is 10.6 Å². The molecule has 1 unspecified atom stereocenters. The summed E-state index contributed by atoms with van der Waals surface area (Å²) in [5.41, 5.74) is 0.968. The third kappa shape index (κ3) is 4.20. The molecule has 0 spiro atoms. The fraction of sp³-hybridized carbons (Fsp3) is 0.444. The minimum atomic E-state index is -0.378. The third-order valence-electron chi connectivity index (χ3n) is 4.28. The molecule has 0 aliphatic heterocycles. The minimum absolute atomic E-state index is 0.102. The Labute approximate surface area is 136 Å². The molecule has 5 nitrogen and oxygen atoms in total. The van der Waals surface area contributed by atoms with Crippen LogP contribution in [0.3, 0.4) is 0 Å². The third-order valence-corrected chi connectivity index (χ3v) is 4.28. The first-order valence-electron chi connectivity index (χ1n) is 8.27. The van der Waals surface area contributed by atoms with E-state index in [-0.39, 0.29) is 11.9 Å². The van der Waals surface area contributed by atoms with Crippen LogP contribution in [-0.2, 0) is 4.79 Å². The molecule has 1 aromatic heterocycles. The van der Waals surface area contributed by atoms with Crippen LogP contribution >= 0.6 is 0 Å². The molecular formula is C18H23N3O2. The Kier molecular flexibility index (Phi) is 5.08. The Hall–Kier alpha value is -2.14. The van der Waals surface area contributed by atoms with E-state index in [1.807, 2.05) is 30.3 Å². The fourth-order valence-corrected chi connectivity index (χ4v) is 3.10. The molecular weight excluding hydrogens is 290 g/mol. The van der Waals surface area contributed by atoms with Gasteiger partial charge in [0, 0.05) is 12.1 Å². The van der Waals surface area contributed by atoms with Crippen LogP contribution in [0.15, 0.2) is 40.9 Å². The lowest BCUT2D eigenvalue weighted by molar-refractivity contribution is -0.118. The predicted octanol–water partition coefficient (Wildman–Crippen LogP) is 3.59. The van der Waals surface area contributed by atoms with Crippen molar-refractivity contribution in [3.8, 4) is 0 Å². The molecule has 1 aliphatic carbocycles. The van der Waals surface area contributed by atoms with Crippen LogP contribution in [0.1, 0.15) is 49.5 Å². The topological polar surface area (TPSA) is 67.2 Å². The quantitative estimate of drug-likeness (QED) is 0.885. The van der Waals surface area contributed by atoms with Gasteiger partial charge in [0.2, 0.25) is 5.91 Å². The number of hydrogen-bond acceptors (Lipinski definition) is 4. The highest BCUT2D eigenvalue weighted by atomic mass is 16.5. The molecule has 1 heterocycles. The summed E-state index contributed by atoms with van der Waals surface area (Å²) in [6.45, 7) is 1.80. The van der Waals surface area contributed by atoms with Crippen molar-refractivity contribution in [2.24, 2.45) is 0 Å². The van der Waals surface area contributed by atoms with Crippen LogP contribution in [-0.4, -0.2) is 17.1 Å². The van der Waals surface area contributed by atoms with E-state index >= 15 is 0 Å². The number of aromatic nitrogens is 1. The summed E-state index contributed by atoms with van der Waals surface area (Å²) in [6.07, 6.45) is 5.99. The molecule has 1 amide bonds. The van der Waals surface area contributed by atoms with Crippen LogP contribution in [0.25, 0.3) is 0 Å². The molecule has 1 fully saturated rings. The molecule has 3 rings (SSSR count). The minimum Gasteiger partial charge on any atom is -0.360 e. The summed E-state index contributed by atoms with van der Waals surface area (Å²) in [5.74, 6) is 1.03. The van der Waals surface area contributed by atoms with Crippen molar-refractivity contribution in [3.05, 3.63) is 47.7 Å². The SMILES string of the molecule is Cc1cc(NC(=O)C(NC2CCCCC2)c2ccccc2)no1. The van der Waals surface area contributed by atoms with Crippen molar-refractivity contribution >= 4 is 11.7 Å². The second kappa shape index (κ2) is 7.42. The maximum atomic E-state index is 12.7. The first-order valence-corrected chi connectivity index (χ1v) is 8.27. The van der Waals surface area contributed by atoms with Crippen molar-refractivity contribution in [2.75, 3.05) is 5.32 Å². The van der Waals surface area contributed by atoms with Gasteiger partial charge in [0.15, 0.2) is 5.82 Å². The Balaban J connectivity index is 1.74. The van der Waals surface area contributed by atoms with Gasteiger partial charge in [-0.3, -0.25) is 10.1 Å². The average molecular weight is 313 g/mol. The summed E-state index contributed by atoms with van der Waals surface area (Å²) in [4.78, 5) is 12.7. The summed E-state index contributed by atoms with van der Waals surface area (Å²) < 4.78 is 5.02. The van der Waals surface area contributed by atoms with Crippen molar-refractivity contribution in [1.82, 2.24) is 10.5 Å². The van der Waals surface area contributed by atoms with E-state index in [0.717, 1.165) is 18.4 Å². The maximum absolute atomic E-state index is 12.7. The number of carbonyl (C=O) groups is 1. The molecule has 0 saturated heterocycles. The van der Waals surface area contributed by atoms with E-state index in [1.54, 1.807) is 13.0 Å². The van der Waals surface area contributed by atoms with Crippen LogP contribution in [0, 0.1) is 6.92 Å². The molecule has 0 bridgehead atoms. The number of aryl methyl sites for hydroxylation is 1. The maximum Gasteiger partial charge on any atom is 0.247 e. The number of rotatable bonds is 5. The van der Waals surface area contributed by atoms with Crippen LogP contribution in [0.5, 0.6) is 0 Å². The molecule has 1 saturated carbocycles. The first kappa shape index (κ1) is 15.7. The van der Waals surface area contributed by atoms with Crippen molar-refractivity contribution < 1.29 is 9.32 Å². The Morgan fingerprint density at radius 3 is 2.61 bits per heavy atom. The van der Waals surface area contributed by atoms with Crippen molar-refractivity contribution in [1.29, 1.82) is 0 Å². The number of benzene rings is 1. The second-order valence-corrected chi connectivity index (χ2v) is 6.16. The van der Waals surface area contributed by atoms with Gasteiger partial charge in [-0.15, -0.1) is 0 Å². The normalized spacial score (nSPS) is 16.9. The molecule has 1 aliphatic rings. The number of amides is 1. The van der Waals surface area contributed by atoms with E-state index in [9.17, 15) is 4.79 Å². The van der Waals surface area contributed by atoms with Crippen LogP contribution in [0.2, 0.25) is 0 Å². The zero-order valence-corrected chi connectivity index (χ0v) is 13.4. The van der Waals surface area contributed by atoms with E-state index in [4.69, 9.17) is 4.52 Å². The van der Waals surface area contributed by atoms with Crippen molar-refractivity contribution in [2.45, 2.75) is 51.1 Å². The standard InChI is InChI=1S/C18H23N3O2/c1-13-12-16(21-23-13)20-18(22)17(14-8-4-2-5-9-14)19-15-10-6-3-7-11-15/h2,4-5,8-9,12,15,17,19H,3,6-7,10-11H2,1H3,(H,20,21,22). The van der Waals surface area contributed by atoms with Gasteiger partial charge in [-0.25, -0.2) is 0 Å². The van der Waals surface area contributed by atoms with Gasteiger partial charge in [-0.05, 0) is 25.3 Å². The van der Waals surface area contributed by atoms with Gasteiger partial charge in [0.1, 0.15) is 11.8 Å². The Morgan fingerprint density at radius 1 is 1.22 bits per heavy atom. The number of carbonyl (C=O) groups excluding carboxylic acids is 1. The van der Waals surface area contributed by atoms with E-state index in [2.05, 4.69) is 15.8 Å². The van der Waals surface area contributed by atoms with E-state index < -0.39 is 0 Å². The molecule has 2 aromatic rings. The molecule has 5 heteroatoms. The average Bonchev–Trinajstić information content (AvgIpc) is 2.99. The lowest BCUT2D eigenvalue weighted by atomic mass is 9.94. The molecule has 23 heavy (non-hydrogen) atoms. The second-order valence-electron chi connectivity index (χ2n) is 6.16. The largest absolute Gasteiger partial charge is 0.360 e. The highest BCUT2D eigenvalue weighted by molar-refractivity contribution is 5.94. The molecule has 122 valence electrons. The molecule has 1 atom stereocenters. The number of anilines is 1. The summed E-state index contributed by atoms with van der Waals surface area (Å²) in [6, 6.07) is 11.6. The summed E-state index contributed by atoms with van der Waals surface area (Å²) >= 11 is 0. The lowest BCUT2D eigenvalue weighted by Gasteiger charge is -2.28. The Morgan fingerprint density at radius 2 is 1.96 bits per heavy atom. The monoisotopic (exact) mass is 313 g/mol. The van der Waals surface area contributed by atoms with Crippen LogP contribution in [0.4, 0.5) is 5.82 Å². The van der Waals surface area contributed by atoms with Gasteiger partial charge in [0.05, 0.1) is 0 Å². The fourth-order valence-electron chi connectivity index (χ4n) is 3.10. The molecule has 2 N–H and O–H groups in total. The highest BCUT2D eigenvalue weighted by Crippen LogP contribution is 2.23. The van der Waals surface area contributed by atoms with Gasteiger partial charge in [-0.2, -0.15) is 0 Å². The predicted molar refractivity (Wildman–Crippen MR) is 89.1 cm³/mol. The highest BCUT2D eigenvalue weighted by Gasteiger charge is 2.25. The van der Waals surface area contributed by atoms with Gasteiger partial charge in [0.25, 0.3) is 0 Å². The van der Waals surface area contributed by atoms with E-state index in [1.165, 1.54) is 19.3 Å². The summed E-state index contributed by atoms with van der Waals surface area (Å²) in [5, 5.41) is 10.2. The zero-order valence-electron chi connectivity index (χ0n) is 13.4.